The van der Waals surface area contributed by atoms with Gasteiger partial charge in [0.15, 0.2) is 0 Å². The molecule has 0 heterocycles. The molecule has 0 saturated heterocycles. The van der Waals surface area contributed by atoms with E-state index in [0.29, 0.717) is 34.4 Å². The lowest BCUT2D eigenvalue weighted by Crippen LogP contribution is -2.02. The second-order valence-electron chi connectivity index (χ2n) is 6.80. The Morgan fingerprint density at radius 3 is 1.26 bits per heavy atom. The van der Waals surface area contributed by atoms with E-state index in [-0.39, 0.29) is 9.79 Å². The van der Waals surface area contributed by atoms with Gasteiger partial charge >= 0.3 is 0 Å². The van der Waals surface area contributed by atoms with E-state index >= 15 is 0 Å². The van der Waals surface area contributed by atoms with E-state index < -0.39 is 9.84 Å². The molecular formula is C24H20N2O4S. The van der Waals surface area contributed by atoms with E-state index in [4.69, 9.17) is 20.9 Å². The zero-order valence-corrected chi connectivity index (χ0v) is 17.3. The van der Waals surface area contributed by atoms with Crippen molar-refractivity contribution in [3.63, 3.8) is 0 Å². The fourth-order valence-corrected chi connectivity index (χ4v) is 4.30. The number of nitrogens with two attached hydrogens (primary N) is 2. The van der Waals surface area contributed by atoms with Crippen LogP contribution in [0.4, 0.5) is 11.4 Å². The van der Waals surface area contributed by atoms with Gasteiger partial charge in [0.25, 0.3) is 0 Å². The highest BCUT2D eigenvalue weighted by Gasteiger charge is 2.19. The van der Waals surface area contributed by atoms with Crippen LogP contribution in [0, 0.1) is 0 Å². The number of anilines is 2. The summed E-state index contributed by atoms with van der Waals surface area (Å²) in [6.45, 7) is 0. The number of hydrogen-bond donors (Lipinski definition) is 2. The van der Waals surface area contributed by atoms with Crippen molar-refractivity contribution in [2.24, 2.45) is 0 Å². The van der Waals surface area contributed by atoms with Crippen molar-refractivity contribution in [3.05, 3.63) is 97.1 Å². The number of sulfone groups is 1. The normalized spacial score (nSPS) is 11.1. The van der Waals surface area contributed by atoms with Gasteiger partial charge in [0.1, 0.15) is 23.0 Å². The maximum absolute atomic E-state index is 13.2. The zero-order chi connectivity index (χ0) is 21.8. The highest BCUT2D eigenvalue weighted by atomic mass is 32.2. The minimum Gasteiger partial charge on any atom is -0.457 e. The van der Waals surface area contributed by atoms with Gasteiger partial charge in [-0.05, 0) is 60.7 Å². The van der Waals surface area contributed by atoms with Crippen molar-refractivity contribution in [2.45, 2.75) is 9.79 Å². The molecule has 0 aliphatic heterocycles. The summed E-state index contributed by atoms with van der Waals surface area (Å²) < 4.78 is 37.9. The third-order valence-corrected chi connectivity index (χ3v) is 6.17. The van der Waals surface area contributed by atoms with Crippen LogP contribution in [-0.4, -0.2) is 8.42 Å². The molecular weight excluding hydrogens is 412 g/mol. The Labute approximate surface area is 180 Å². The van der Waals surface area contributed by atoms with Crippen molar-refractivity contribution in [1.82, 2.24) is 0 Å². The van der Waals surface area contributed by atoms with E-state index in [9.17, 15) is 8.42 Å². The molecule has 0 bridgehead atoms. The van der Waals surface area contributed by atoms with Gasteiger partial charge in [0.2, 0.25) is 9.84 Å². The monoisotopic (exact) mass is 432 g/mol. The van der Waals surface area contributed by atoms with Gasteiger partial charge in [-0.2, -0.15) is 0 Å². The Kier molecular flexibility index (Phi) is 5.51. The Morgan fingerprint density at radius 2 is 0.871 bits per heavy atom. The maximum atomic E-state index is 13.2. The summed E-state index contributed by atoms with van der Waals surface area (Å²) in [6.07, 6.45) is 0. The SMILES string of the molecule is Nc1cccc(Oc2cccc(S(=O)(=O)c3cccc(Oc4cccc(N)c4)c3)c2)c1. The molecule has 0 saturated carbocycles. The van der Waals surface area contributed by atoms with Crippen molar-refractivity contribution < 1.29 is 17.9 Å². The molecule has 4 aromatic rings. The van der Waals surface area contributed by atoms with Gasteiger partial charge in [-0.25, -0.2) is 8.42 Å². The number of benzene rings is 4. The minimum absolute atomic E-state index is 0.106. The zero-order valence-electron chi connectivity index (χ0n) is 16.4. The van der Waals surface area contributed by atoms with Crippen molar-refractivity contribution >= 4 is 21.2 Å². The van der Waals surface area contributed by atoms with Crippen molar-refractivity contribution in [3.8, 4) is 23.0 Å². The maximum Gasteiger partial charge on any atom is 0.206 e. The Hall–Kier alpha value is -3.97. The predicted molar refractivity (Wildman–Crippen MR) is 120 cm³/mol. The number of hydrogen-bond acceptors (Lipinski definition) is 6. The van der Waals surface area contributed by atoms with Crippen molar-refractivity contribution in [2.75, 3.05) is 11.5 Å². The molecule has 6 nitrogen and oxygen atoms in total. The molecule has 0 aliphatic rings. The van der Waals surface area contributed by atoms with Crippen LogP contribution < -0.4 is 20.9 Å². The molecule has 0 atom stereocenters. The second-order valence-corrected chi connectivity index (χ2v) is 8.75. The lowest BCUT2D eigenvalue weighted by atomic mass is 10.3. The first kappa shape index (κ1) is 20.3. The summed E-state index contributed by atoms with van der Waals surface area (Å²) in [5.74, 6) is 1.82. The molecule has 0 aromatic heterocycles. The molecule has 4 N–H and O–H groups in total. The standard InChI is InChI=1S/C24H20N2O4S/c25-17-5-1-7-19(13-17)29-21-9-3-11-23(15-21)31(27,28)24-12-4-10-22(16-24)30-20-8-2-6-18(26)14-20/h1-16H,25-26H2. The Morgan fingerprint density at radius 1 is 0.516 bits per heavy atom. The molecule has 31 heavy (non-hydrogen) atoms. The van der Waals surface area contributed by atoms with E-state index in [1.54, 1.807) is 72.8 Å². The molecule has 0 aliphatic carbocycles. The van der Waals surface area contributed by atoms with E-state index in [0.717, 1.165) is 0 Å². The first-order chi connectivity index (χ1) is 14.9. The summed E-state index contributed by atoms with van der Waals surface area (Å²) in [5, 5.41) is 0. The quantitative estimate of drug-likeness (QED) is 0.402. The van der Waals surface area contributed by atoms with Crippen LogP contribution in [0.15, 0.2) is 107 Å². The molecule has 0 amide bonds. The van der Waals surface area contributed by atoms with Crippen LogP contribution in [0.25, 0.3) is 0 Å². The highest BCUT2D eigenvalue weighted by molar-refractivity contribution is 7.91. The molecule has 0 unspecified atom stereocenters. The fourth-order valence-electron chi connectivity index (χ4n) is 2.97. The van der Waals surface area contributed by atoms with Crippen LogP contribution in [0.1, 0.15) is 0 Å². The highest BCUT2D eigenvalue weighted by Crippen LogP contribution is 2.31. The van der Waals surface area contributed by atoms with Crippen LogP contribution in [-0.2, 0) is 9.84 Å². The molecule has 0 spiro atoms. The Bertz CT molecular complexity index is 1240. The van der Waals surface area contributed by atoms with Crippen molar-refractivity contribution in [1.29, 1.82) is 0 Å². The molecule has 4 rings (SSSR count). The molecule has 7 heteroatoms. The van der Waals surface area contributed by atoms with Crippen LogP contribution in [0.3, 0.4) is 0 Å². The van der Waals surface area contributed by atoms with Crippen LogP contribution in [0.5, 0.6) is 23.0 Å². The van der Waals surface area contributed by atoms with Gasteiger partial charge in [-0.3, -0.25) is 0 Å². The summed E-state index contributed by atoms with van der Waals surface area (Å²) in [5.41, 5.74) is 12.6. The van der Waals surface area contributed by atoms with Gasteiger partial charge in [-0.15, -0.1) is 0 Å². The lowest BCUT2D eigenvalue weighted by Gasteiger charge is -2.11. The smallest absolute Gasteiger partial charge is 0.206 e. The number of rotatable bonds is 6. The minimum atomic E-state index is -3.79. The number of ether oxygens (including phenoxy) is 2. The van der Waals surface area contributed by atoms with E-state index in [2.05, 4.69) is 0 Å². The van der Waals surface area contributed by atoms with Gasteiger partial charge in [-0.1, -0.05) is 24.3 Å². The molecule has 0 radical (unpaired) electrons. The summed E-state index contributed by atoms with van der Waals surface area (Å²) in [7, 11) is -3.79. The molecule has 156 valence electrons. The lowest BCUT2D eigenvalue weighted by molar-refractivity contribution is 0.480. The third-order valence-electron chi connectivity index (χ3n) is 4.42. The number of nitrogen functional groups attached to an aromatic ring is 2. The fraction of sp³-hybridized carbons (Fsp3) is 0. The first-order valence-electron chi connectivity index (χ1n) is 9.42. The molecule has 4 aromatic carbocycles. The predicted octanol–water partition coefficient (Wildman–Crippen LogP) is 5.27. The second kappa shape index (κ2) is 8.41. The largest absolute Gasteiger partial charge is 0.457 e. The van der Waals surface area contributed by atoms with Crippen LogP contribution in [0.2, 0.25) is 0 Å². The van der Waals surface area contributed by atoms with E-state index in [1.165, 1.54) is 24.3 Å². The average Bonchev–Trinajstić information content (AvgIpc) is 2.74. The topological polar surface area (TPSA) is 105 Å². The Balaban J connectivity index is 1.61. The summed E-state index contributed by atoms with van der Waals surface area (Å²) in [4.78, 5) is 0.213. The first-order valence-corrected chi connectivity index (χ1v) is 10.9. The summed E-state index contributed by atoms with van der Waals surface area (Å²) in [6, 6.07) is 26.4. The average molecular weight is 433 g/mol. The van der Waals surface area contributed by atoms with Gasteiger partial charge in [0, 0.05) is 23.5 Å². The van der Waals surface area contributed by atoms with E-state index in [1.807, 2.05) is 0 Å². The summed E-state index contributed by atoms with van der Waals surface area (Å²) >= 11 is 0. The van der Waals surface area contributed by atoms with Gasteiger partial charge < -0.3 is 20.9 Å². The van der Waals surface area contributed by atoms with Crippen LogP contribution >= 0.6 is 0 Å². The van der Waals surface area contributed by atoms with Gasteiger partial charge in [0.05, 0.1) is 9.79 Å². The molecule has 0 fully saturated rings. The third kappa shape index (κ3) is 4.79.